The van der Waals surface area contributed by atoms with E-state index in [2.05, 4.69) is 10.3 Å². The second-order valence-corrected chi connectivity index (χ2v) is 6.40. The van der Waals surface area contributed by atoms with Crippen molar-refractivity contribution in [3.8, 4) is 0 Å². The molecule has 2 aromatic rings. The molecule has 2 N–H and O–H groups in total. The van der Waals surface area contributed by atoms with Gasteiger partial charge in [0.15, 0.2) is 0 Å². The van der Waals surface area contributed by atoms with Crippen molar-refractivity contribution in [1.82, 2.24) is 14.9 Å². The lowest BCUT2D eigenvalue weighted by atomic mass is 10.0. The molecule has 1 aliphatic rings. The monoisotopic (exact) mass is 331 g/mol. The number of hydrogen-bond donors (Lipinski definition) is 2. The Morgan fingerprint density at radius 3 is 3.00 bits per heavy atom. The highest BCUT2D eigenvalue weighted by molar-refractivity contribution is 5.77. The number of aromatic nitrogens is 2. The fourth-order valence-corrected chi connectivity index (χ4v) is 3.41. The van der Waals surface area contributed by atoms with Crippen molar-refractivity contribution in [3.63, 3.8) is 0 Å². The van der Waals surface area contributed by atoms with E-state index in [0.717, 1.165) is 36.7 Å². The number of carbonyl (C=O) groups is 1. The average Bonchev–Trinajstić information content (AvgIpc) is 2.93. The third-order valence-corrected chi connectivity index (χ3v) is 4.80. The summed E-state index contributed by atoms with van der Waals surface area (Å²) < 4.78 is 7.33. The number of fused-ring (bicyclic) bond motifs is 1. The average molecular weight is 331 g/mol. The van der Waals surface area contributed by atoms with Gasteiger partial charge < -0.3 is 19.7 Å². The van der Waals surface area contributed by atoms with Gasteiger partial charge in [0.1, 0.15) is 6.10 Å². The molecule has 0 radical (unpaired) electrons. The zero-order valence-electron chi connectivity index (χ0n) is 14.0. The normalized spacial score (nSPS) is 24.7. The Balaban J connectivity index is 1.57. The van der Waals surface area contributed by atoms with E-state index >= 15 is 0 Å². The van der Waals surface area contributed by atoms with E-state index < -0.39 is 6.10 Å². The first kappa shape index (κ1) is 16.9. The van der Waals surface area contributed by atoms with Crippen molar-refractivity contribution in [2.45, 2.75) is 56.9 Å². The van der Waals surface area contributed by atoms with Crippen LogP contribution in [0.5, 0.6) is 0 Å². The molecule has 24 heavy (non-hydrogen) atoms. The van der Waals surface area contributed by atoms with Crippen LogP contribution in [0.25, 0.3) is 11.0 Å². The van der Waals surface area contributed by atoms with Crippen molar-refractivity contribution in [2.75, 3.05) is 7.11 Å². The minimum absolute atomic E-state index is 0.0476. The maximum Gasteiger partial charge on any atom is 0.222 e. The summed E-state index contributed by atoms with van der Waals surface area (Å²) in [6, 6.07) is 7.64. The Morgan fingerprint density at radius 1 is 1.38 bits per heavy atom. The van der Waals surface area contributed by atoms with E-state index in [1.54, 1.807) is 13.4 Å². The number of hydrogen-bond acceptors (Lipinski definition) is 4. The molecule has 1 aromatic heterocycles. The van der Waals surface area contributed by atoms with Crippen LogP contribution in [0.15, 0.2) is 30.6 Å². The molecule has 0 aliphatic heterocycles. The van der Waals surface area contributed by atoms with Gasteiger partial charge in [-0.1, -0.05) is 25.0 Å². The highest BCUT2D eigenvalue weighted by Crippen LogP contribution is 2.21. The highest BCUT2D eigenvalue weighted by atomic mass is 16.5. The van der Waals surface area contributed by atoms with Crippen LogP contribution < -0.4 is 5.32 Å². The number of amides is 1. The van der Waals surface area contributed by atoms with E-state index in [9.17, 15) is 9.90 Å². The van der Waals surface area contributed by atoms with E-state index in [1.807, 2.05) is 28.8 Å². The number of aliphatic hydroxyl groups is 1. The highest BCUT2D eigenvalue weighted by Gasteiger charge is 2.30. The maximum absolute atomic E-state index is 12.3. The van der Waals surface area contributed by atoms with Gasteiger partial charge >= 0.3 is 0 Å². The molecular weight excluding hydrogens is 306 g/mol. The number of para-hydroxylation sites is 2. The Kier molecular flexibility index (Phi) is 5.48. The van der Waals surface area contributed by atoms with Gasteiger partial charge in [0, 0.05) is 20.1 Å². The van der Waals surface area contributed by atoms with Gasteiger partial charge in [0.2, 0.25) is 5.91 Å². The molecule has 0 unspecified atom stereocenters. The Morgan fingerprint density at radius 2 is 2.17 bits per heavy atom. The SMILES string of the molecule is CO[C@@H]1CCCC[C@@H](NC(=O)CCn2cnc3ccccc32)[C@H]1O. The van der Waals surface area contributed by atoms with Crippen molar-refractivity contribution in [1.29, 1.82) is 0 Å². The third-order valence-electron chi connectivity index (χ3n) is 4.80. The van der Waals surface area contributed by atoms with Crippen LogP contribution in [0, 0.1) is 0 Å². The summed E-state index contributed by atoms with van der Waals surface area (Å²) in [7, 11) is 1.61. The molecule has 3 rings (SSSR count). The van der Waals surface area contributed by atoms with Gasteiger partial charge in [0.05, 0.1) is 29.5 Å². The quantitative estimate of drug-likeness (QED) is 0.820. The molecule has 0 spiro atoms. The van der Waals surface area contributed by atoms with Crippen LogP contribution in [0.4, 0.5) is 0 Å². The van der Waals surface area contributed by atoms with Crippen LogP contribution >= 0.6 is 0 Å². The fourth-order valence-electron chi connectivity index (χ4n) is 3.41. The first-order valence-electron chi connectivity index (χ1n) is 8.59. The Hall–Kier alpha value is -1.92. The third kappa shape index (κ3) is 3.76. The molecule has 1 heterocycles. The van der Waals surface area contributed by atoms with Crippen molar-refractivity contribution in [3.05, 3.63) is 30.6 Å². The molecule has 0 saturated heterocycles. The lowest BCUT2D eigenvalue weighted by Gasteiger charge is -2.27. The Labute approximate surface area is 141 Å². The van der Waals surface area contributed by atoms with Crippen molar-refractivity contribution < 1.29 is 14.6 Å². The number of imidazole rings is 1. The number of rotatable bonds is 5. The standard InChI is InChI=1S/C18H25N3O3/c1-24-16-9-5-3-7-14(18(16)23)20-17(22)10-11-21-12-19-13-6-2-4-8-15(13)21/h2,4,6,8,12,14,16,18,23H,3,5,7,9-11H2,1H3,(H,20,22)/t14-,16-,18-/m1/s1. The van der Waals surface area contributed by atoms with Gasteiger partial charge in [-0.3, -0.25) is 4.79 Å². The molecule has 130 valence electrons. The molecule has 1 amide bonds. The predicted molar refractivity (Wildman–Crippen MR) is 91.6 cm³/mol. The molecule has 6 heteroatoms. The summed E-state index contributed by atoms with van der Waals surface area (Å²) in [6.45, 7) is 0.572. The van der Waals surface area contributed by atoms with Crippen LogP contribution in [0.3, 0.4) is 0 Å². The number of benzene rings is 1. The fraction of sp³-hybridized carbons (Fsp3) is 0.556. The summed E-state index contributed by atoms with van der Waals surface area (Å²) in [5.41, 5.74) is 1.96. The zero-order valence-corrected chi connectivity index (χ0v) is 14.0. The van der Waals surface area contributed by atoms with Crippen LogP contribution in [-0.4, -0.2) is 45.9 Å². The van der Waals surface area contributed by atoms with Gasteiger partial charge in [-0.25, -0.2) is 4.98 Å². The van der Waals surface area contributed by atoms with E-state index in [0.29, 0.717) is 13.0 Å². The molecule has 0 bridgehead atoms. The van der Waals surface area contributed by atoms with E-state index in [4.69, 9.17) is 4.74 Å². The molecule has 3 atom stereocenters. The number of aryl methyl sites for hydroxylation is 1. The zero-order chi connectivity index (χ0) is 16.9. The molecule has 1 fully saturated rings. The predicted octanol–water partition coefficient (Wildman–Crippen LogP) is 1.86. The number of aliphatic hydroxyl groups excluding tert-OH is 1. The summed E-state index contributed by atoms with van der Waals surface area (Å²) in [4.78, 5) is 16.6. The molecule has 1 aliphatic carbocycles. The number of nitrogens with zero attached hydrogens (tertiary/aromatic N) is 2. The minimum Gasteiger partial charge on any atom is -0.388 e. The van der Waals surface area contributed by atoms with Crippen LogP contribution in [-0.2, 0) is 16.1 Å². The van der Waals surface area contributed by atoms with E-state index in [-0.39, 0.29) is 18.1 Å². The number of carbonyl (C=O) groups excluding carboxylic acids is 1. The second-order valence-electron chi connectivity index (χ2n) is 6.40. The van der Waals surface area contributed by atoms with Gasteiger partial charge in [-0.2, -0.15) is 0 Å². The lowest BCUT2D eigenvalue weighted by molar-refractivity contribution is -0.123. The molecular formula is C18H25N3O3. The second kappa shape index (κ2) is 7.77. The number of nitrogens with one attached hydrogen (secondary N) is 1. The van der Waals surface area contributed by atoms with Crippen molar-refractivity contribution in [2.24, 2.45) is 0 Å². The Bertz CT molecular complexity index is 685. The number of methoxy groups -OCH3 is 1. The summed E-state index contributed by atoms with van der Waals surface area (Å²) in [5.74, 6) is -0.0476. The van der Waals surface area contributed by atoms with Crippen molar-refractivity contribution >= 4 is 16.9 Å². The molecule has 1 aromatic carbocycles. The topological polar surface area (TPSA) is 76.4 Å². The number of ether oxygens (including phenoxy) is 1. The van der Waals surface area contributed by atoms with Gasteiger partial charge in [-0.05, 0) is 25.0 Å². The van der Waals surface area contributed by atoms with E-state index in [1.165, 1.54) is 0 Å². The van der Waals surface area contributed by atoms with Gasteiger partial charge in [-0.15, -0.1) is 0 Å². The molecule has 1 saturated carbocycles. The first-order valence-corrected chi connectivity index (χ1v) is 8.59. The van der Waals surface area contributed by atoms with Gasteiger partial charge in [0.25, 0.3) is 0 Å². The molecule has 6 nitrogen and oxygen atoms in total. The first-order chi connectivity index (χ1) is 11.7. The maximum atomic E-state index is 12.3. The smallest absolute Gasteiger partial charge is 0.222 e. The summed E-state index contributed by atoms with van der Waals surface area (Å²) in [5, 5.41) is 13.4. The van der Waals surface area contributed by atoms with Crippen LogP contribution in [0.2, 0.25) is 0 Å². The summed E-state index contributed by atoms with van der Waals surface area (Å²) in [6.07, 6.45) is 4.93. The summed E-state index contributed by atoms with van der Waals surface area (Å²) >= 11 is 0. The largest absolute Gasteiger partial charge is 0.388 e. The lowest BCUT2D eigenvalue weighted by Crippen LogP contribution is -2.48. The minimum atomic E-state index is -0.643. The van der Waals surface area contributed by atoms with Crippen LogP contribution in [0.1, 0.15) is 32.1 Å².